The summed E-state index contributed by atoms with van der Waals surface area (Å²) in [4.78, 5) is 0. The molecule has 0 radical (unpaired) electrons. The highest BCUT2D eigenvalue weighted by Gasteiger charge is 1.99. The molecule has 4 heteroatoms. The van der Waals surface area contributed by atoms with Gasteiger partial charge < -0.3 is 20.1 Å². The van der Waals surface area contributed by atoms with Gasteiger partial charge in [-0.05, 0) is 26.3 Å². The maximum absolute atomic E-state index is 4.99. The average molecular weight is 218 g/mol. The van der Waals surface area contributed by atoms with Crippen molar-refractivity contribution < 1.29 is 9.47 Å². The Labute approximate surface area is 93.7 Å². The van der Waals surface area contributed by atoms with Gasteiger partial charge in [-0.3, -0.25) is 0 Å². The molecule has 0 spiro atoms. The van der Waals surface area contributed by atoms with E-state index in [-0.39, 0.29) is 0 Å². The van der Waals surface area contributed by atoms with Gasteiger partial charge >= 0.3 is 0 Å². The summed E-state index contributed by atoms with van der Waals surface area (Å²) in [6, 6.07) is 0.518. The standard InChI is InChI=1S/C11H26N2O2/c1-11(10-12-7-9-15-3)13-6-4-5-8-14-2/h11-13H,4-10H2,1-3H3. The molecule has 0 amide bonds. The van der Waals surface area contributed by atoms with Gasteiger partial charge in [-0.15, -0.1) is 0 Å². The largest absolute Gasteiger partial charge is 0.385 e. The summed E-state index contributed by atoms with van der Waals surface area (Å²) >= 11 is 0. The zero-order valence-electron chi connectivity index (χ0n) is 10.3. The van der Waals surface area contributed by atoms with Crippen LogP contribution in [0.4, 0.5) is 0 Å². The predicted octanol–water partition coefficient (Wildman–Crippen LogP) is 0.627. The Morgan fingerprint density at radius 2 is 1.73 bits per heavy atom. The molecule has 0 aliphatic heterocycles. The highest BCUT2D eigenvalue weighted by Crippen LogP contribution is 1.88. The first-order valence-corrected chi connectivity index (χ1v) is 5.73. The molecule has 15 heavy (non-hydrogen) atoms. The van der Waals surface area contributed by atoms with Crippen molar-refractivity contribution in [2.24, 2.45) is 0 Å². The van der Waals surface area contributed by atoms with Gasteiger partial charge in [-0.2, -0.15) is 0 Å². The minimum absolute atomic E-state index is 0.518. The number of methoxy groups -OCH3 is 2. The molecule has 0 bridgehead atoms. The van der Waals surface area contributed by atoms with Gasteiger partial charge in [-0.25, -0.2) is 0 Å². The van der Waals surface area contributed by atoms with Gasteiger partial charge in [0.1, 0.15) is 0 Å². The lowest BCUT2D eigenvalue weighted by atomic mass is 10.3. The van der Waals surface area contributed by atoms with Crippen LogP contribution in [0.5, 0.6) is 0 Å². The van der Waals surface area contributed by atoms with Crippen molar-refractivity contribution in [3.63, 3.8) is 0 Å². The molecule has 0 fully saturated rings. The molecule has 1 unspecified atom stereocenters. The fourth-order valence-corrected chi connectivity index (χ4v) is 1.28. The molecule has 0 rings (SSSR count). The number of nitrogens with one attached hydrogen (secondary N) is 2. The third kappa shape index (κ3) is 11.8. The Bertz CT molecular complexity index is 123. The van der Waals surface area contributed by atoms with Crippen LogP contribution >= 0.6 is 0 Å². The molecular formula is C11H26N2O2. The quantitative estimate of drug-likeness (QED) is 0.499. The Morgan fingerprint density at radius 1 is 1.00 bits per heavy atom. The summed E-state index contributed by atoms with van der Waals surface area (Å²) in [6.07, 6.45) is 2.31. The van der Waals surface area contributed by atoms with Gasteiger partial charge in [0.25, 0.3) is 0 Å². The summed E-state index contributed by atoms with van der Waals surface area (Å²) < 4.78 is 9.94. The molecule has 1 atom stereocenters. The van der Waals surface area contributed by atoms with Crippen LogP contribution in [0.25, 0.3) is 0 Å². The predicted molar refractivity (Wildman–Crippen MR) is 63.3 cm³/mol. The molecule has 0 heterocycles. The molecule has 0 aliphatic rings. The first-order chi connectivity index (χ1) is 7.31. The Balaban J connectivity index is 3.08. The van der Waals surface area contributed by atoms with E-state index in [4.69, 9.17) is 9.47 Å². The van der Waals surface area contributed by atoms with E-state index in [1.165, 1.54) is 6.42 Å². The van der Waals surface area contributed by atoms with Crippen LogP contribution in [0.15, 0.2) is 0 Å². The molecule has 2 N–H and O–H groups in total. The van der Waals surface area contributed by atoms with Crippen molar-refractivity contribution in [3.8, 4) is 0 Å². The van der Waals surface area contributed by atoms with E-state index in [2.05, 4.69) is 17.6 Å². The van der Waals surface area contributed by atoms with E-state index < -0.39 is 0 Å². The van der Waals surface area contributed by atoms with E-state index >= 15 is 0 Å². The normalized spacial score (nSPS) is 13.0. The molecule has 92 valence electrons. The molecule has 0 aromatic heterocycles. The topological polar surface area (TPSA) is 42.5 Å². The summed E-state index contributed by atoms with van der Waals surface area (Å²) in [5.74, 6) is 0. The third-order valence-electron chi connectivity index (χ3n) is 2.20. The molecule has 4 nitrogen and oxygen atoms in total. The first-order valence-electron chi connectivity index (χ1n) is 5.73. The third-order valence-corrected chi connectivity index (χ3v) is 2.20. The second-order valence-corrected chi connectivity index (χ2v) is 3.75. The smallest absolute Gasteiger partial charge is 0.0587 e. The SMILES string of the molecule is COCCCCNC(C)CNCCOC. The van der Waals surface area contributed by atoms with Crippen LogP contribution in [0.3, 0.4) is 0 Å². The van der Waals surface area contributed by atoms with E-state index in [0.717, 1.165) is 39.3 Å². The average Bonchev–Trinajstić information content (AvgIpc) is 2.24. The maximum Gasteiger partial charge on any atom is 0.0587 e. The lowest BCUT2D eigenvalue weighted by Gasteiger charge is -2.14. The minimum atomic E-state index is 0.518. The van der Waals surface area contributed by atoms with Crippen LogP contribution in [0.1, 0.15) is 19.8 Å². The first kappa shape index (κ1) is 14.8. The number of hydrogen-bond acceptors (Lipinski definition) is 4. The highest BCUT2D eigenvalue weighted by atomic mass is 16.5. The van der Waals surface area contributed by atoms with Crippen molar-refractivity contribution in [3.05, 3.63) is 0 Å². The Kier molecular flexibility index (Phi) is 11.8. The molecule has 0 aromatic carbocycles. The second kappa shape index (κ2) is 11.9. The van der Waals surface area contributed by atoms with E-state index in [1.54, 1.807) is 14.2 Å². The number of ether oxygens (including phenoxy) is 2. The van der Waals surface area contributed by atoms with Crippen molar-refractivity contribution in [1.82, 2.24) is 10.6 Å². The van der Waals surface area contributed by atoms with Crippen LogP contribution in [-0.2, 0) is 9.47 Å². The van der Waals surface area contributed by atoms with Crippen LogP contribution < -0.4 is 10.6 Å². The summed E-state index contributed by atoms with van der Waals surface area (Å²) in [7, 11) is 3.47. The van der Waals surface area contributed by atoms with Crippen molar-refractivity contribution in [2.75, 3.05) is 47.1 Å². The van der Waals surface area contributed by atoms with E-state index in [1.807, 2.05) is 0 Å². The molecule has 0 aromatic rings. The van der Waals surface area contributed by atoms with Crippen molar-refractivity contribution in [1.29, 1.82) is 0 Å². The lowest BCUT2D eigenvalue weighted by Crippen LogP contribution is -2.37. The zero-order chi connectivity index (χ0) is 11.4. The molecular weight excluding hydrogens is 192 g/mol. The van der Waals surface area contributed by atoms with Crippen LogP contribution in [0.2, 0.25) is 0 Å². The summed E-state index contributed by atoms with van der Waals surface area (Å²) in [6.45, 7) is 6.81. The summed E-state index contributed by atoms with van der Waals surface area (Å²) in [5, 5.41) is 6.79. The molecule has 0 aliphatic carbocycles. The van der Waals surface area contributed by atoms with Gasteiger partial charge in [0.2, 0.25) is 0 Å². The van der Waals surface area contributed by atoms with Crippen molar-refractivity contribution in [2.45, 2.75) is 25.8 Å². The number of hydrogen-bond donors (Lipinski definition) is 2. The van der Waals surface area contributed by atoms with E-state index in [0.29, 0.717) is 6.04 Å². The van der Waals surface area contributed by atoms with Crippen molar-refractivity contribution >= 4 is 0 Å². The fraction of sp³-hybridized carbons (Fsp3) is 1.00. The molecule has 0 saturated carbocycles. The summed E-state index contributed by atoms with van der Waals surface area (Å²) in [5.41, 5.74) is 0. The lowest BCUT2D eigenvalue weighted by molar-refractivity contribution is 0.192. The van der Waals surface area contributed by atoms with Gasteiger partial charge in [0.05, 0.1) is 6.61 Å². The second-order valence-electron chi connectivity index (χ2n) is 3.75. The highest BCUT2D eigenvalue weighted by molar-refractivity contribution is 4.63. The Morgan fingerprint density at radius 3 is 2.40 bits per heavy atom. The Hall–Kier alpha value is -0.160. The van der Waals surface area contributed by atoms with Crippen LogP contribution in [-0.4, -0.2) is 53.1 Å². The number of unbranched alkanes of at least 4 members (excludes halogenated alkanes) is 1. The zero-order valence-corrected chi connectivity index (χ0v) is 10.3. The van der Waals surface area contributed by atoms with E-state index in [9.17, 15) is 0 Å². The number of rotatable bonds is 11. The maximum atomic E-state index is 4.99. The van der Waals surface area contributed by atoms with Gasteiger partial charge in [0, 0.05) is 40.0 Å². The van der Waals surface area contributed by atoms with Gasteiger partial charge in [0.15, 0.2) is 0 Å². The van der Waals surface area contributed by atoms with Crippen LogP contribution in [0, 0.1) is 0 Å². The fourth-order valence-electron chi connectivity index (χ4n) is 1.28. The monoisotopic (exact) mass is 218 g/mol. The van der Waals surface area contributed by atoms with Gasteiger partial charge in [-0.1, -0.05) is 0 Å². The minimum Gasteiger partial charge on any atom is -0.385 e. The molecule has 0 saturated heterocycles.